The van der Waals surface area contributed by atoms with E-state index in [1.54, 1.807) is 24.5 Å². The van der Waals surface area contributed by atoms with Gasteiger partial charge in [-0.05, 0) is 72.8 Å². The summed E-state index contributed by atoms with van der Waals surface area (Å²) in [6.45, 7) is 7.50. The smallest absolute Gasteiger partial charge is 0.263 e. The fourth-order valence-electron chi connectivity index (χ4n) is 7.56. The quantitative estimate of drug-likeness (QED) is 0.193. The lowest BCUT2D eigenvalue weighted by Crippen LogP contribution is -2.54. The molecule has 0 radical (unpaired) electrons. The molecule has 294 valence electrons. The van der Waals surface area contributed by atoms with E-state index >= 15 is 0 Å². The molecule has 1 aliphatic carbocycles. The Morgan fingerprint density at radius 3 is 2.49 bits per heavy atom. The van der Waals surface area contributed by atoms with Crippen LogP contribution in [0.2, 0.25) is 0 Å². The highest BCUT2D eigenvalue weighted by Gasteiger charge is 2.46. The van der Waals surface area contributed by atoms with Gasteiger partial charge in [-0.1, -0.05) is 0 Å². The van der Waals surface area contributed by atoms with Crippen LogP contribution in [0.4, 0.5) is 17.5 Å². The number of rotatable bonds is 10. The Kier molecular flexibility index (Phi) is 9.15. The third-order valence-electron chi connectivity index (χ3n) is 10.6. The fraction of sp³-hybridized carbons (Fsp3) is 0.378. The Morgan fingerprint density at radius 1 is 0.965 bits per heavy atom. The number of nitrogens with one attached hydrogen (secondary N) is 2. The van der Waals surface area contributed by atoms with Gasteiger partial charge in [0, 0.05) is 68.1 Å². The third kappa shape index (κ3) is 6.74. The molecular formula is C37H37BrN12O6S. The van der Waals surface area contributed by atoms with Gasteiger partial charge in [0.1, 0.15) is 17.7 Å². The zero-order valence-corrected chi connectivity index (χ0v) is 33.3. The maximum absolute atomic E-state index is 13.5. The molecule has 2 N–H and O–H groups in total. The zero-order valence-electron chi connectivity index (χ0n) is 30.9. The molecule has 3 aliphatic heterocycles. The van der Waals surface area contributed by atoms with Crippen molar-refractivity contribution < 1.29 is 27.6 Å². The maximum atomic E-state index is 13.5. The summed E-state index contributed by atoms with van der Waals surface area (Å²) in [5.74, 6) is 0.0541. The molecule has 57 heavy (non-hydrogen) atoms. The van der Waals surface area contributed by atoms with Crippen LogP contribution in [0, 0.1) is 0 Å². The zero-order chi connectivity index (χ0) is 39.7. The van der Waals surface area contributed by atoms with Gasteiger partial charge in [0.15, 0.2) is 11.6 Å². The summed E-state index contributed by atoms with van der Waals surface area (Å²) in [6.07, 6.45) is 7.72. The predicted molar refractivity (Wildman–Crippen MR) is 210 cm³/mol. The number of anilines is 3. The van der Waals surface area contributed by atoms with Crippen molar-refractivity contribution in [3.8, 4) is 11.4 Å². The van der Waals surface area contributed by atoms with Crippen molar-refractivity contribution in [2.24, 2.45) is 0 Å². The lowest BCUT2D eigenvalue weighted by atomic mass is 10.0. The van der Waals surface area contributed by atoms with E-state index in [-0.39, 0.29) is 35.3 Å². The monoisotopic (exact) mass is 856 g/mol. The molecule has 5 aromatic rings. The predicted octanol–water partition coefficient (Wildman–Crippen LogP) is 3.24. The molecular weight excluding hydrogens is 820 g/mol. The van der Waals surface area contributed by atoms with Gasteiger partial charge < -0.3 is 10.2 Å². The third-order valence-corrected chi connectivity index (χ3v) is 13.3. The van der Waals surface area contributed by atoms with Crippen molar-refractivity contribution >= 4 is 77.9 Å². The van der Waals surface area contributed by atoms with Crippen LogP contribution in [0.15, 0.2) is 53.5 Å². The topological polar surface area (TPSA) is 211 Å². The summed E-state index contributed by atoms with van der Waals surface area (Å²) in [6, 6.07) is 6.25. The van der Waals surface area contributed by atoms with Gasteiger partial charge in [-0.25, -0.2) is 23.4 Å². The number of piperazine rings is 1. The van der Waals surface area contributed by atoms with E-state index in [1.165, 1.54) is 12.4 Å². The molecule has 4 amide bonds. The molecule has 2 saturated heterocycles. The van der Waals surface area contributed by atoms with Gasteiger partial charge in [-0.3, -0.25) is 39.0 Å². The number of aromatic nitrogens is 7. The van der Waals surface area contributed by atoms with Crippen LogP contribution < -0.4 is 15.5 Å². The summed E-state index contributed by atoms with van der Waals surface area (Å²) in [5.41, 5.74) is 2.71. The van der Waals surface area contributed by atoms with E-state index in [2.05, 4.69) is 65.3 Å². The van der Waals surface area contributed by atoms with E-state index in [4.69, 9.17) is 10.1 Å². The second-order valence-corrected chi connectivity index (χ2v) is 17.8. The van der Waals surface area contributed by atoms with Crippen molar-refractivity contribution in [3.63, 3.8) is 0 Å². The Labute approximate surface area is 334 Å². The first-order chi connectivity index (χ1) is 27.3. The van der Waals surface area contributed by atoms with Crippen molar-refractivity contribution in [2.75, 3.05) is 36.4 Å². The number of carbonyl (C=O) groups excluding carboxylic acids is 4. The fourth-order valence-corrected chi connectivity index (χ4v) is 9.71. The lowest BCUT2D eigenvalue weighted by molar-refractivity contribution is -0.136. The largest absolute Gasteiger partial charge is 0.352 e. The average molecular weight is 858 g/mol. The summed E-state index contributed by atoms with van der Waals surface area (Å²) in [5, 5.41) is 15.1. The van der Waals surface area contributed by atoms with Gasteiger partial charge in [0.25, 0.3) is 21.8 Å². The van der Waals surface area contributed by atoms with Crippen LogP contribution >= 0.6 is 15.9 Å². The van der Waals surface area contributed by atoms with E-state index in [1.807, 2.05) is 16.8 Å². The number of halogens is 1. The van der Waals surface area contributed by atoms with Gasteiger partial charge in [0.05, 0.1) is 45.2 Å². The molecule has 18 nitrogen and oxygen atoms in total. The second-order valence-electron chi connectivity index (χ2n) is 14.9. The summed E-state index contributed by atoms with van der Waals surface area (Å²) < 4.78 is 28.7. The van der Waals surface area contributed by atoms with E-state index in [0.717, 1.165) is 31.3 Å². The number of piperidine rings is 1. The Hall–Kier alpha value is -5.60. The molecule has 7 heterocycles. The average Bonchev–Trinajstić information content (AvgIpc) is 3.72. The van der Waals surface area contributed by atoms with E-state index in [9.17, 15) is 27.6 Å². The van der Waals surface area contributed by atoms with Gasteiger partial charge in [-0.2, -0.15) is 14.3 Å². The lowest BCUT2D eigenvalue weighted by Gasteiger charge is -2.35. The number of hydrogen-bond acceptors (Lipinski definition) is 14. The number of pyridine rings is 1. The van der Waals surface area contributed by atoms with Crippen molar-refractivity contribution in [1.82, 2.24) is 49.0 Å². The standard InChI is InChI=1S/C37H37BrN12O6S/c1-20(2)50-28-15-30(42-29-7-8-39-33(43-29)22-16-41-48(19-22)57(55,56)23-3-4-23)40-17-25(28)34(45-50)47-11-9-46(10-12-47)18-21-13-24-32(26(38)14-21)37(54)49(36(24)53)27-5-6-31(51)44-35(27)52/h7-8,13-17,19-20,23,27H,3-6,9-12,18H2,1-2H3,(H,44,51,52)(H,39,40,42,43). The number of nitrogens with zero attached hydrogens (tertiary/aromatic N) is 10. The summed E-state index contributed by atoms with van der Waals surface area (Å²) in [4.78, 5) is 70.1. The molecule has 1 saturated carbocycles. The van der Waals surface area contributed by atoms with Crippen LogP contribution in [-0.4, -0.2) is 113 Å². The SMILES string of the molecule is CC(C)n1nc(N2CCN(Cc3cc(Br)c4c(c3)C(=O)N(C3CCC(=O)NC3=O)C4=O)CC2)c2cnc(Nc3ccnc(-c4cnn(S(=O)(=O)C5CC5)c4)n3)cc21. The van der Waals surface area contributed by atoms with Crippen molar-refractivity contribution in [2.45, 2.75) is 63.4 Å². The summed E-state index contributed by atoms with van der Waals surface area (Å²) in [7, 11) is -3.51. The number of benzene rings is 1. The van der Waals surface area contributed by atoms with Crippen LogP contribution in [0.25, 0.3) is 22.3 Å². The number of carbonyl (C=O) groups is 4. The van der Waals surface area contributed by atoms with Crippen LogP contribution in [-0.2, 0) is 26.2 Å². The van der Waals surface area contributed by atoms with E-state index in [0.29, 0.717) is 73.1 Å². The van der Waals surface area contributed by atoms with Crippen LogP contribution in [0.5, 0.6) is 0 Å². The Bertz CT molecular complexity index is 2610. The highest BCUT2D eigenvalue weighted by Crippen LogP contribution is 2.35. The maximum Gasteiger partial charge on any atom is 0.263 e. The Balaban J connectivity index is 0.881. The highest BCUT2D eigenvalue weighted by atomic mass is 79.9. The molecule has 9 rings (SSSR count). The number of fused-ring (bicyclic) bond motifs is 2. The Morgan fingerprint density at radius 2 is 1.75 bits per heavy atom. The normalized spacial score (nSPS) is 19.2. The van der Waals surface area contributed by atoms with E-state index < -0.39 is 39.7 Å². The molecule has 20 heteroatoms. The minimum absolute atomic E-state index is 0.0594. The van der Waals surface area contributed by atoms with Crippen LogP contribution in [0.1, 0.15) is 71.9 Å². The van der Waals surface area contributed by atoms with Crippen molar-refractivity contribution in [1.29, 1.82) is 0 Å². The molecule has 1 aromatic carbocycles. The molecule has 1 atom stereocenters. The molecule has 0 bridgehead atoms. The minimum atomic E-state index is -3.51. The minimum Gasteiger partial charge on any atom is -0.352 e. The van der Waals surface area contributed by atoms with Gasteiger partial charge >= 0.3 is 0 Å². The molecule has 1 unspecified atom stereocenters. The van der Waals surface area contributed by atoms with Gasteiger partial charge in [-0.15, -0.1) is 0 Å². The molecule has 4 aliphatic rings. The molecule has 4 aromatic heterocycles. The van der Waals surface area contributed by atoms with Crippen molar-refractivity contribution in [3.05, 3.63) is 70.2 Å². The first-order valence-electron chi connectivity index (χ1n) is 18.6. The second kappa shape index (κ2) is 14.1. The summed E-state index contributed by atoms with van der Waals surface area (Å²) >= 11 is 3.50. The first-order valence-corrected chi connectivity index (χ1v) is 20.9. The van der Waals surface area contributed by atoms with Gasteiger partial charge in [0.2, 0.25) is 11.8 Å². The number of amides is 4. The number of hydrogen-bond donors (Lipinski definition) is 2. The molecule has 3 fully saturated rings. The van der Waals surface area contributed by atoms with Crippen LogP contribution in [0.3, 0.4) is 0 Å². The molecule has 0 spiro atoms. The number of imide groups is 2. The first kappa shape index (κ1) is 37.0. The highest BCUT2D eigenvalue weighted by molar-refractivity contribution is 9.10.